The average molecular weight is 486 g/mol. The van der Waals surface area contributed by atoms with Crippen molar-refractivity contribution in [3.05, 3.63) is 35.9 Å². The summed E-state index contributed by atoms with van der Waals surface area (Å²) < 4.78 is 12.0. The maximum atomic E-state index is 13.1. The second kappa shape index (κ2) is 11.8. The summed E-state index contributed by atoms with van der Waals surface area (Å²) in [5, 5.41) is 0. The van der Waals surface area contributed by atoms with Crippen molar-refractivity contribution < 1.29 is 14.3 Å². The highest BCUT2D eigenvalue weighted by atomic mass is 16.6. The Morgan fingerprint density at radius 3 is 2.46 bits per heavy atom. The van der Waals surface area contributed by atoms with Gasteiger partial charge in [0, 0.05) is 31.7 Å². The van der Waals surface area contributed by atoms with Crippen LogP contribution in [0.25, 0.3) is 0 Å². The molecule has 4 nitrogen and oxygen atoms in total. The normalized spacial score (nSPS) is 26.3. The Hall–Kier alpha value is -1.39. The molecule has 0 aromatic heterocycles. The molecule has 2 aliphatic carbocycles. The van der Waals surface area contributed by atoms with Crippen LogP contribution in [0.5, 0.6) is 0 Å². The van der Waals surface area contributed by atoms with Crippen LogP contribution in [0.4, 0.5) is 0 Å². The fourth-order valence-electron chi connectivity index (χ4n) is 6.99. The van der Waals surface area contributed by atoms with Gasteiger partial charge in [0.15, 0.2) is 0 Å². The van der Waals surface area contributed by atoms with Gasteiger partial charge in [0.25, 0.3) is 0 Å². The van der Waals surface area contributed by atoms with Crippen molar-refractivity contribution in [2.75, 3.05) is 13.7 Å². The molecule has 3 rings (SSSR count). The molecule has 0 unspecified atom stereocenters. The maximum Gasteiger partial charge on any atom is 0.307 e. The number of nitrogens with zero attached hydrogens (tertiary/aromatic N) is 1. The second-order valence-electron chi connectivity index (χ2n) is 12.8. The third kappa shape index (κ3) is 6.68. The highest BCUT2D eigenvalue weighted by molar-refractivity contribution is 5.70. The molecule has 0 spiro atoms. The van der Waals surface area contributed by atoms with E-state index >= 15 is 0 Å². The molecule has 198 valence electrons. The molecule has 35 heavy (non-hydrogen) atoms. The van der Waals surface area contributed by atoms with E-state index in [2.05, 4.69) is 56.0 Å². The molecule has 0 amide bonds. The van der Waals surface area contributed by atoms with Crippen LogP contribution in [0, 0.1) is 16.7 Å². The first-order valence-electron chi connectivity index (χ1n) is 14.0. The summed E-state index contributed by atoms with van der Waals surface area (Å²) in [6.07, 6.45) is 10.3. The molecule has 0 saturated heterocycles. The first-order valence-corrected chi connectivity index (χ1v) is 14.0. The van der Waals surface area contributed by atoms with Crippen molar-refractivity contribution in [1.29, 1.82) is 0 Å². The molecule has 0 aliphatic heterocycles. The average Bonchev–Trinajstić information content (AvgIpc) is 3.15. The molecule has 4 atom stereocenters. The Labute approximate surface area is 215 Å². The van der Waals surface area contributed by atoms with E-state index in [1.165, 1.54) is 37.7 Å². The van der Waals surface area contributed by atoms with Gasteiger partial charge in [-0.25, -0.2) is 0 Å². The van der Waals surface area contributed by atoms with Gasteiger partial charge in [0.2, 0.25) is 0 Å². The number of ether oxygens (including phenoxy) is 2. The van der Waals surface area contributed by atoms with Gasteiger partial charge in [-0.1, -0.05) is 76.8 Å². The van der Waals surface area contributed by atoms with E-state index in [0.717, 1.165) is 38.3 Å². The molecule has 2 bridgehead atoms. The maximum absolute atomic E-state index is 13.1. The largest absolute Gasteiger partial charge is 0.460 e. The Bertz CT molecular complexity index is 799. The molecular weight excluding hydrogens is 434 g/mol. The zero-order valence-corrected chi connectivity index (χ0v) is 23.6. The van der Waals surface area contributed by atoms with Crippen LogP contribution < -0.4 is 0 Å². The lowest BCUT2D eigenvalue weighted by molar-refractivity contribution is -0.157. The summed E-state index contributed by atoms with van der Waals surface area (Å²) in [4.78, 5) is 15.7. The van der Waals surface area contributed by atoms with Crippen LogP contribution in [0.2, 0.25) is 0 Å². The summed E-state index contributed by atoms with van der Waals surface area (Å²) in [7, 11) is 1.90. The number of hydrogen-bond donors (Lipinski definition) is 0. The first kappa shape index (κ1) is 28.2. The fourth-order valence-corrected chi connectivity index (χ4v) is 6.99. The fraction of sp³-hybridized carbons (Fsp3) is 0.774. The summed E-state index contributed by atoms with van der Waals surface area (Å²) in [6.45, 7) is 14.9. The van der Waals surface area contributed by atoms with Crippen molar-refractivity contribution in [2.24, 2.45) is 16.7 Å². The Balaban J connectivity index is 1.90. The predicted octanol–water partition coefficient (Wildman–Crippen LogP) is 7.40. The number of carbonyl (C=O) groups excluding carboxylic acids is 1. The molecule has 2 saturated carbocycles. The van der Waals surface area contributed by atoms with Gasteiger partial charge in [-0.2, -0.15) is 0 Å². The van der Waals surface area contributed by atoms with Gasteiger partial charge < -0.3 is 9.47 Å². The molecule has 4 heteroatoms. The number of unbranched alkanes of at least 4 members (excludes halogenated alkanes) is 3. The van der Waals surface area contributed by atoms with Crippen LogP contribution in [-0.2, 0) is 20.8 Å². The van der Waals surface area contributed by atoms with Crippen molar-refractivity contribution in [3.8, 4) is 0 Å². The molecule has 0 heterocycles. The molecule has 2 fully saturated rings. The minimum absolute atomic E-state index is 0.0770. The van der Waals surface area contributed by atoms with E-state index in [-0.39, 0.29) is 28.9 Å². The van der Waals surface area contributed by atoms with Gasteiger partial charge >= 0.3 is 5.97 Å². The van der Waals surface area contributed by atoms with Crippen LogP contribution in [0.15, 0.2) is 30.3 Å². The van der Waals surface area contributed by atoms with Crippen molar-refractivity contribution in [1.82, 2.24) is 4.90 Å². The summed E-state index contributed by atoms with van der Waals surface area (Å²) in [5.41, 5.74) is 1.21. The zero-order valence-electron chi connectivity index (χ0n) is 23.6. The number of esters is 1. The van der Waals surface area contributed by atoms with E-state index in [4.69, 9.17) is 9.47 Å². The predicted molar refractivity (Wildman–Crippen MR) is 144 cm³/mol. The Morgan fingerprint density at radius 1 is 1.14 bits per heavy atom. The number of hydrogen-bond acceptors (Lipinski definition) is 4. The zero-order chi connectivity index (χ0) is 25.7. The van der Waals surface area contributed by atoms with Crippen molar-refractivity contribution in [2.45, 2.75) is 124 Å². The highest BCUT2D eigenvalue weighted by Gasteiger charge is 2.64. The minimum Gasteiger partial charge on any atom is -0.460 e. The lowest BCUT2D eigenvalue weighted by Gasteiger charge is -2.47. The lowest BCUT2D eigenvalue weighted by Crippen LogP contribution is -2.51. The van der Waals surface area contributed by atoms with Gasteiger partial charge in [-0.3, -0.25) is 9.69 Å². The van der Waals surface area contributed by atoms with Crippen LogP contribution >= 0.6 is 0 Å². The Kier molecular flexibility index (Phi) is 9.48. The third-order valence-corrected chi connectivity index (χ3v) is 9.09. The molecular formula is C31H51NO3. The summed E-state index contributed by atoms with van der Waals surface area (Å²) in [5.74, 6) is 0.645. The van der Waals surface area contributed by atoms with Gasteiger partial charge in [0.05, 0.1) is 12.5 Å². The van der Waals surface area contributed by atoms with Gasteiger partial charge in [-0.15, -0.1) is 0 Å². The topological polar surface area (TPSA) is 38.8 Å². The standard InChI is InChI=1S/C31H51NO3/c1-8-9-10-14-17-26(21-28(33)35-29(2,3)4)32(22-24-15-12-11-13-16-24)23-31-19-18-25(30(31,5)6)20-27(31)34-7/h11-13,15-16,25-27H,8-10,14,17-23H2,1-7H3/t25-,26-,27-,31-/m1/s1. The van der Waals surface area contributed by atoms with Crippen LogP contribution in [-0.4, -0.2) is 42.3 Å². The first-order chi connectivity index (χ1) is 16.5. The van der Waals surface area contributed by atoms with Crippen molar-refractivity contribution in [3.63, 3.8) is 0 Å². The number of benzene rings is 1. The van der Waals surface area contributed by atoms with E-state index in [0.29, 0.717) is 6.42 Å². The third-order valence-electron chi connectivity index (χ3n) is 9.09. The van der Waals surface area contributed by atoms with Gasteiger partial charge in [0.1, 0.15) is 5.60 Å². The van der Waals surface area contributed by atoms with Crippen molar-refractivity contribution >= 4 is 5.97 Å². The molecule has 1 aromatic rings. The number of methoxy groups -OCH3 is 1. The Morgan fingerprint density at radius 2 is 1.86 bits per heavy atom. The monoisotopic (exact) mass is 485 g/mol. The highest BCUT2D eigenvalue weighted by Crippen LogP contribution is 2.66. The molecule has 0 radical (unpaired) electrons. The smallest absolute Gasteiger partial charge is 0.307 e. The molecule has 2 aliphatic rings. The van der Waals surface area contributed by atoms with Gasteiger partial charge in [-0.05, 0) is 63.4 Å². The summed E-state index contributed by atoms with van der Waals surface area (Å²) in [6, 6.07) is 10.9. The lowest BCUT2D eigenvalue weighted by atomic mass is 9.67. The molecule has 0 N–H and O–H groups in total. The van der Waals surface area contributed by atoms with E-state index in [9.17, 15) is 4.79 Å². The van der Waals surface area contributed by atoms with E-state index in [1.807, 2.05) is 27.9 Å². The van der Waals surface area contributed by atoms with Crippen LogP contribution in [0.1, 0.15) is 105 Å². The minimum atomic E-state index is -0.458. The number of fused-ring (bicyclic) bond motifs is 2. The molecule has 1 aromatic carbocycles. The quantitative estimate of drug-likeness (QED) is 0.215. The summed E-state index contributed by atoms with van der Waals surface area (Å²) >= 11 is 0. The van der Waals surface area contributed by atoms with E-state index < -0.39 is 5.60 Å². The van der Waals surface area contributed by atoms with E-state index in [1.54, 1.807) is 0 Å². The number of rotatable bonds is 13. The SMILES string of the molecule is CCCCCC[C@H](CC(=O)OC(C)(C)C)N(Cc1ccccc1)C[C@]12CC[C@H](C[C@H]1OC)C2(C)C. The van der Waals surface area contributed by atoms with Crippen LogP contribution in [0.3, 0.4) is 0 Å². The second-order valence-corrected chi connectivity index (χ2v) is 12.8. The number of carbonyl (C=O) groups is 1.